The summed E-state index contributed by atoms with van der Waals surface area (Å²) in [7, 11) is -3.19. The average molecular weight is 420 g/mol. The van der Waals surface area contributed by atoms with E-state index in [1.807, 2.05) is 18.2 Å². The summed E-state index contributed by atoms with van der Waals surface area (Å²) in [6.45, 7) is 0. The number of fused-ring (bicyclic) bond motifs is 1. The van der Waals surface area contributed by atoms with Gasteiger partial charge < -0.3 is 10.7 Å². The Labute approximate surface area is 172 Å². The molecule has 0 saturated heterocycles. The second kappa shape index (κ2) is 8.13. The maximum absolute atomic E-state index is 11.8. The van der Waals surface area contributed by atoms with Gasteiger partial charge in [0.2, 0.25) is 0 Å². The average Bonchev–Trinajstić information content (AvgIpc) is 3.28. The van der Waals surface area contributed by atoms with Gasteiger partial charge in [-0.25, -0.2) is 13.4 Å². The number of halogens is 1. The van der Waals surface area contributed by atoms with Crippen LogP contribution in [0.1, 0.15) is 49.3 Å². The van der Waals surface area contributed by atoms with Crippen LogP contribution in [0.15, 0.2) is 47.5 Å². The van der Waals surface area contributed by atoms with E-state index >= 15 is 0 Å². The number of nitrogens with zero attached hydrogens (tertiary/aromatic N) is 1. The standard InChI is InChI=1S/C21H25N3O2S.ClH/c1-27(25,26)18-8-6-15(7-9-18)19(10-14-4-2-3-5-14)20-12-16-11-17(22)13-23-21(16)24-20;/h6-9,11-14,19H,2-5,10,22H2,1H3,(H,23,24);1H. The van der Waals surface area contributed by atoms with Gasteiger partial charge in [0.25, 0.3) is 0 Å². The van der Waals surface area contributed by atoms with Crippen LogP contribution < -0.4 is 5.73 Å². The molecule has 0 radical (unpaired) electrons. The molecule has 1 fully saturated rings. The Balaban J connectivity index is 0.00000225. The maximum Gasteiger partial charge on any atom is 0.175 e. The topological polar surface area (TPSA) is 88.8 Å². The number of benzene rings is 1. The first-order chi connectivity index (χ1) is 12.9. The van der Waals surface area contributed by atoms with Crippen LogP contribution in [-0.4, -0.2) is 24.6 Å². The fourth-order valence-electron chi connectivity index (χ4n) is 4.21. The molecule has 4 rings (SSSR count). The number of nitrogen functional groups attached to an aromatic ring is 1. The minimum atomic E-state index is -3.19. The molecule has 0 spiro atoms. The van der Waals surface area contributed by atoms with Crippen molar-refractivity contribution in [2.24, 2.45) is 5.92 Å². The Morgan fingerprint density at radius 2 is 1.86 bits per heavy atom. The quantitative estimate of drug-likeness (QED) is 0.628. The van der Waals surface area contributed by atoms with E-state index in [1.165, 1.54) is 31.9 Å². The van der Waals surface area contributed by atoms with E-state index in [9.17, 15) is 8.42 Å². The Hall–Kier alpha value is -2.05. The highest BCUT2D eigenvalue weighted by molar-refractivity contribution is 7.90. The predicted octanol–water partition coefficient (Wildman–Crippen LogP) is 4.68. The minimum absolute atomic E-state index is 0. The number of aromatic amines is 1. The first kappa shape index (κ1) is 20.7. The molecule has 5 nitrogen and oxygen atoms in total. The molecule has 0 aliphatic heterocycles. The van der Waals surface area contributed by atoms with Crippen LogP contribution in [0.25, 0.3) is 11.0 Å². The molecule has 2 aromatic heterocycles. The molecule has 1 aliphatic rings. The molecule has 7 heteroatoms. The molecule has 1 aromatic carbocycles. The third-order valence-corrected chi connectivity index (χ3v) is 6.77. The highest BCUT2D eigenvalue weighted by atomic mass is 35.5. The normalized spacial score (nSPS) is 16.2. The fourth-order valence-corrected chi connectivity index (χ4v) is 4.84. The van der Waals surface area contributed by atoms with Gasteiger partial charge in [-0.2, -0.15) is 0 Å². The lowest BCUT2D eigenvalue weighted by atomic mass is 9.85. The number of H-pyrrole nitrogens is 1. The van der Waals surface area contributed by atoms with E-state index in [4.69, 9.17) is 5.73 Å². The SMILES string of the molecule is CS(=O)(=O)c1ccc(C(CC2CCCC2)c2cc3cc(N)cnc3[nH]2)cc1.Cl. The molecule has 1 aliphatic carbocycles. The zero-order chi connectivity index (χ0) is 19.0. The van der Waals surface area contributed by atoms with Crippen LogP contribution in [0.3, 0.4) is 0 Å². The molecular weight excluding hydrogens is 394 g/mol. The minimum Gasteiger partial charge on any atom is -0.397 e. The molecule has 0 amide bonds. The van der Waals surface area contributed by atoms with Crippen molar-refractivity contribution < 1.29 is 8.42 Å². The second-order valence-electron chi connectivity index (χ2n) is 7.71. The summed E-state index contributed by atoms with van der Waals surface area (Å²) in [4.78, 5) is 8.21. The number of hydrogen-bond acceptors (Lipinski definition) is 4. The molecule has 0 bridgehead atoms. The second-order valence-corrected chi connectivity index (χ2v) is 9.73. The van der Waals surface area contributed by atoms with E-state index in [0.29, 0.717) is 16.5 Å². The lowest BCUT2D eigenvalue weighted by Crippen LogP contribution is -2.08. The summed E-state index contributed by atoms with van der Waals surface area (Å²) in [5, 5.41) is 1.01. The summed E-state index contributed by atoms with van der Waals surface area (Å²) in [6.07, 6.45) is 9.10. The van der Waals surface area contributed by atoms with Crippen molar-refractivity contribution in [2.75, 3.05) is 12.0 Å². The third kappa shape index (κ3) is 4.33. The third-order valence-electron chi connectivity index (χ3n) is 5.64. The molecule has 150 valence electrons. The molecule has 3 aromatic rings. The highest BCUT2D eigenvalue weighted by Gasteiger charge is 2.24. The van der Waals surface area contributed by atoms with Crippen molar-refractivity contribution in [1.29, 1.82) is 0 Å². The van der Waals surface area contributed by atoms with Crippen LogP contribution in [-0.2, 0) is 9.84 Å². The Bertz CT molecular complexity index is 1050. The van der Waals surface area contributed by atoms with E-state index in [1.54, 1.807) is 18.3 Å². The first-order valence-corrected chi connectivity index (χ1v) is 11.3. The molecule has 1 unspecified atom stereocenters. The van der Waals surface area contributed by atoms with E-state index in [2.05, 4.69) is 16.0 Å². The van der Waals surface area contributed by atoms with Crippen LogP contribution in [0.2, 0.25) is 0 Å². The van der Waals surface area contributed by atoms with Gasteiger partial charge >= 0.3 is 0 Å². The summed E-state index contributed by atoms with van der Waals surface area (Å²) in [5.74, 6) is 0.895. The van der Waals surface area contributed by atoms with E-state index in [-0.39, 0.29) is 18.3 Å². The van der Waals surface area contributed by atoms with Crippen molar-refractivity contribution in [1.82, 2.24) is 9.97 Å². The van der Waals surface area contributed by atoms with Crippen molar-refractivity contribution in [3.05, 3.63) is 53.9 Å². The van der Waals surface area contributed by atoms with Crippen LogP contribution in [0.4, 0.5) is 5.69 Å². The molecule has 2 heterocycles. The molecular formula is C21H26ClN3O2S. The van der Waals surface area contributed by atoms with Gasteiger partial charge in [0.15, 0.2) is 9.84 Å². The van der Waals surface area contributed by atoms with Gasteiger partial charge in [0.05, 0.1) is 16.8 Å². The molecule has 28 heavy (non-hydrogen) atoms. The largest absolute Gasteiger partial charge is 0.397 e. The van der Waals surface area contributed by atoms with E-state index < -0.39 is 9.84 Å². The van der Waals surface area contributed by atoms with E-state index in [0.717, 1.165) is 28.7 Å². The number of anilines is 1. The van der Waals surface area contributed by atoms with Crippen molar-refractivity contribution in [2.45, 2.75) is 42.9 Å². The predicted molar refractivity (Wildman–Crippen MR) is 116 cm³/mol. The lowest BCUT2D eigenvalue weighted by Gasteiger charge is -2.20. The zero-order valence-corrected chi connectivity index (χ0v) is 17.5. The number of aromatic nitrogens is 2. The summed E-state index contributed by atoms with van der Waals surface area (Å²) >= 11 is 0. The van der Waals surface area contributed by atoms with Crippen LogP contribution in [0.5, 0.6) is 0 Å². The molecule has 1 saturated carbocycles. The smallest absolute Gasteiger partial charge is 0.175 e. The summed E-state index contributed by atoms with van der Waals surface area (Å²) in [5.41, 5.74) is 9.61. The zero-order valence-electron chi connectivity index (χ0n) is 15.9. The van der Waals surface area contributed by atoms with Crippen molar-refractivity contribution >= 4 is 39.0 Å². The summed E-state index contributed by atoms with van der Waals surface area (Å²) < 4.78 is 23.6. The number of nitrogens with two attached hydrogens (primary N) is 1. The Morgan fingerprint density at radius 1 is 1.18 bits per heavy atom. The highest BCUT2D eigenvalue weighted by Crippen LogP contribution is 2.38. The first-order valence-electron chi connectivity index (χ1n) is 9.44. The molecule has 1 atom stereocenters. The van der Waals surface area contributed by atoms with Gasteiger partial charge in [-0.05, 0) is 42.2 Å². The monoisotopic (exact) mass is 419 g/mol. The van der Waals surface area contributed by atoms with Gasteiger partial charge in [0.1, 0.15) is 5.65 Å². The van der Waals surface area contributed by atoms with Crippen molar-refractivity contribution in [3.63, 3.8) is 0 Å². The lowest BCUT2D eigenvalue weighted by molar-refractivity contribution is 0.469. The number of hydrogen-bond donors (Lipinski definition) is 2. The van der Waals surface area contributed by atoms with Gasteiger partial charge in [-0.3, -0.25) is 0 Å². The fraction of sp³-hybridized carbons (Fsp3) is 0.381. The van der Waals surface area contributed by atoms with Gasteiger partial charge in [-0.1, -0.05) is 37.8 Å². The Kier molecular flexibility index (Phi) is 6.01. The Morgan fingerprint density at radius 3 is 2.50 bits per heavy atom. The molecule has 3 N–H and O–H groups in total. The van der Waals surface area contributed by atoms with Gasteiger partial charge in [-0.15, -0.1) is 12.4 Å². The van der Waals surface area contributed by atoms with Crippen LogP contribution >= 0.6 is 12.4 Å². The van der Waals surface area contributed by atoms with Crippen LogP contribution in [0, 0.1) is 5.92 Å². The maximum atomic E-state index is 11.8. The number of rotatable bonds is 5. The van der Waals surface area contributed by atoms with Crippen molar-refractivity contribution in [3.8, 4) is 0 Å². The number of sulfone groups is 1. The number of nitrogens with one attached hydrogen (secondary N) is 1. The summed E-state index contributed by atoms with van der Waals surface area (Å²) in [6, 6.07) is 11.4. The van der Waals surface area contributed by atoms with Gasteiger partial charge in [0, 0.05) is 23.3 Å². The number of pyridine rings is 1.